The van der Waals surface area contributed by atoms with Gasteiger partial charge in [0.05, 0.1) is 13.2 Å². The maximum atomic E-state index is 11.9. The molecule has 0 aliphatic carbocycles. The van der Waals surface area contributed by atoms with Gasteiger partial charge < -0.3 is 30.7 Å². The molecule has 0 heterocycles. The number of ether oxygens (including phenoxy) is 1. The molecule has 1 amide bonds. The van der Waals surface area contributed by atoms with Crippen molar-refractivity contribution >= 4 is 23.2 Å². The Morgan fingerprint density at radius 1 is 1.08 bits per heavy atom. The highest BCUT2D eigenvalue weighted by atomic mass is 16.5. The second-order valence-corrected chi connectivity index (χ2v) is 5.57. The lowest BCUT2D eigenvalue weighted by Gasteiger charge is -2.23. The van der Waals surface area contributed by atoms with Gasteiger partial charge in [0, 0.05) is 41.8 Å². The molecule has 0 aromatic heterocycles. The highest BCUT2D eigenvalue weighted by molar-refractivity contribution is 5.84. The summed E-state index contributed by atoms with van der Waals surface area (Å²) in [6, 6.07) is 11.5. The quantitative estimate of drug-likeness (QED) is 0.451. The summed E-state index contributed by atoms with van der Waals surface area (Å²) in [6.07, 6.45) is -0.656. The fraction of sp³-hybridized carbons (Fsp3) is 0.278. The molecule has 140 valence electrons. The summed E-state index contributed by atoms with van der Waals surface area (Å²) in [7, 11) is 0. The summed E-state index contributed by atoms with van der Waals surface area (Å²) < 4.78 is 5.08. The minimum atomic E-state index is -0.656. The number of anilines is 3. The van der Waals surface area contributed by atoms with Crippen molar-refractivity contribution in [2.24, 2.45) is 0 Å². The number of carbonyl (C=O) groups is 1. The van der Waals surface area contributed by atoms with Gasteiger partial charge in [-0.2, -0.15) is 0 Å². The Kier molecular flexibility index (Phi) is 7.07. The van der Waals surface area contributed by atoms with Crippen LogP contribution in [0.25, 0.3) is 0 Å². The molecule has 2 aromatic carbocycles. The van der Waals surface area contributed by atoms with E-state index in [-0.39, 0.29) is 25.6 Å². The Morgan fingerprint density at radius 3 is 2.31 bits per heavy atom. The molecule has 0 bridgehead atoms. The molecule has 0 radical (unpaired) electrons. The molecular formula is C18H23N3O5. The number of benzene rings is 2. The van der Waals surface area contributed by atoms with Crippen LogP contribution in [0, 0.1) is 0 Å². The maximum absolute atomic E-state index is 11.9. The number of nitrogens with one attached hydrogen (secondary N) is 1. The minimum Gasteiger partial charge on any atom is -0.507 e. The number of hydrogen-bond donors (Lipinski definition) is 5. The Morgan fingerprint density at radius 2 is 1.73 bits per heavy atom. The molecule has 0 atom stereocenters. The van der Waals surface area contributed by atoms with E-state index in [4.69, 9.17) is 20.7 Å². The summed E-state index contributed by atoms with van der Waals surface area (Å²) in [5, 5.41) is 30.4. The van der Waals surface area contributed by atoms with Crippen molar-refractivity contribution in [3.63, 3.8) is 0 Å². The largest absolute Gasteiger partial charge is 0.507 e. The second-order valence-electron chi connectivity index (χ2n) is 5.57. The first-order chi connectivity index (χ1) is 12.5. The molecule has 0 aliphatic heterocycles. The number of phenolic OH excluding ortho intramolecular Hbond substituents is 1. The Bertz CT molecular complexity index is 715. The predicted octanol–water partition coefficient (Wildman–Crippen LogP) is 1.51. The van der Waals surface area contributed by atoms with Crippen molar-refractivity contribution in [2.75, 3.05) is 42.3 Å². The Balaban J connectivity index is 1.90. The molecule has 0 saturated carbocycles. The summed E-state index contributed by atoms with van der Waals surface area (Å²) in [4.78, 5) is 13.7. The van der Waals surface area contributed by atoms with Gasteiger partial charge >= 0.3 is 6.09 Å². The predicted molar refractivity (Wildman–Crippen MR) is 99.2 cm³/mol. The van der Waals surface area contributed by atoms with E-state index in [0.29, 0.717) is 30.0 Å². The van der Waals surface area contributed by atoms with Crippen molar-refractivity contribution < 1.29 is 24.9 Å². The number of nitrogen functional groups attached to an aromatic ring is 1. The number of nitrogens with zero attached hydrogens (tertiary/aromatic N) is 1. The van der Waals surface area contributed by atoms with Crippen molar-refractivity contribution in [3.8, 4) is 5.75 Å². The molecular weight excluding hydrogens is 338 g/mol. The third kappa shape index (κ3) is 5.54. The third-order valence-electron chi connectivity index (χ3n) is 3.69. The van der Waals surface area contributed by atoms with Crippen LogP contribution in [0.4, 0.5) is 21.9 Å². The SMILES string of the molecule is Nc1ccc(COC(=O)Nc2ccc(N(CCO)CCO)cc2)c(O)c1. The zero-order valence-electron chi connectivity index (χ0n) is 14.3. The molecule has 0 saturated heterocycles. The van der Waals surface area contributed by atoms with Gasteiger partial charge in [0.25, 0.3) is 0 Å². The standard InChI is InChI=1S/C18H23N3O5/c19-14-2-1-13(17(24)11-14)12-26-18(25)20-15-3-5-16(6-4-15)21(7-9-22)8-10-23/h1-6,11,22-24H,7-10,12,19H2,(H,20,25). The first kappa shape index (κ1) is 19.4. The van der Waals surface area contributed by atoms with Crippen LogP contribution in [0.3, 0.4) is 0 Å². The van der Waals surface area contributed by atoms with Crippen molar-refractivity contribution in [1.82, 2.24) is 0 Å². The molecule has 0 fully saturated rings. The van der Waals surface area contributed by atoms with Crippen LogP contribution in [0.1, 0.15) is 5.56 Å². The molecule has 2 aromatic rings. The van der Waals surface area contributed by atoms with Crippen LogP contribution in [0.5, 0.6) is 5.75 Å². The zero-order valence-corrected chi connectivity index (χ0v) is 14.3. The monoisotopic (exact) mass is 361 g/mol. The first-order valence-corrected chi connectivity index (χ1v) is 8.11. The molecule has 0 aliphatic rings. The fourth-order valence-corrected chi connectivity index (χ4v) is 2.37. The number of aliphatic hydroxyl groups is 2. The van der Waals surface area contributed by atoms with Gasteiger partial charge in [-0.25, -0.2) is 4.79 Å². The molecule has 0 unspecified atom stereocenters. The molecule has 2 rings (SSSR count). The Hall–Kier alpha value is -2.97. The molecule has 6 N–H and O–H groups in total. The fourth-order valence-electron chi connectivity index (χ4n) is 2.37. The number of amides is 1. The molecule has 26 heavy (non-hydrogen) atoms. The van der Waals surface area contributed by atoms with Gasteiger partial charge in [0.2, 0.25) is 0 Å². The molecule has 0 spiro atoms. The second kappa shape index (κ2) is 9.50. The highest BCUT2D eigenvalue weighted by Gasteiger charge is 2.09. The van der Waals surface area contributed by atoms with Crippen LogP contribution in [-0.2, 0) is 11.3 Å². The van der Waals surface area contributed by atoms with Gasteiger partial charge in [0.1, 0.15) is 12.4 Å². The first-order valence-electron chi connectivity index (χ1n) is 8.11. The molecule has 8 nitrogen and oxygen atoms in total. The van der Waals surface area contributed by atoms with Crippen LogP contribution >= 0.6 is 0 Å². The smallest absolute Gasteiger partial charge is 0.411 e. The lowest BCUT2D eigenvalue weighted by molar-refractivity contribution is 0.154. The van der Waals surface area contributed by atoms with E-state index < -0.39 is 6.09 Å². The number of rotatable bonds is 8. The van der Waals surface area contributed by atoms with Crippen molar-refractivity contribution in [1.29, 1.82) is 0 Å². The number of aliphatic hydroxyl groups excluding tert-OH is 2. The maximum Gasteiger partial charge on any atom is 0.411 e. The number of aromatic hydroxyl groups is 1. The topological polar surface area (TPSA) is 128 Å². The van der Waals surface area contributed by atoms with E-state index in [1.807, 2.05) is 4.90 Å². The van der Waals surface area contributed by atoms with E-state index in [0.717, 1.165) is 5.69 Å². The average Bonchev–Trinajstić information content (AvgIpc) is 2.61. The van der Waals surface area contributed by atoms with E-state index in [2.05, 4.69) is 5.32 Å². The lowest BCUT2D eigenvalue weighted by atomic mass is 10.2. The lowest BCUT2D eigenvalue weighted by Crippen LogP contribution is -2.29. The van der Waals surface area contributed by atoms with E-state index >= 15 is 0 Å². The zero-order chi connectivity index (χ0) is 18.9. The van der Waals surface area contributed by atoms with E-state index in [1.54, 1.807) is 36.4 Å². The summed E-state index contributed by atoms with van der Waals surface area (Å²) in [5.74, 6) is -0.0324. The van der Waals surface area contributed by atoms with Crippen LogP contribution in [-0.4, -0.2) is 47.7 Å². The average molecular weight is 361 g/mol. The summed E-state index contributed by atoms with van der Waals surface area (Å²) in [6.45, 7) is 0.673. The summed E-state index contributed by atoms with van der Waals surface area (Å²) >= 11 is 0. The van der Waals surface area contributed by atoms with Gasteiger partial charge in [-0.1, -0.05) is 0 Å². The van der Waals surface area contributed by atoms with Gasteiger partial charge in [-0.3, -0.25) is 5.32 Å². The van der Waals surface area contributed by atoms with Crippen LogP contribution in [0.2, 0.25) is 0 Å². The van der Waals surface area contributed by atoms with Gasteiger partial charge in [0.15, 0.2) is 0 Å². The van der Waals surface area contributed by atoms with Crippen LogP contribution < -0.4 is 16.0 Å². The van der Waals surface area contributed by atoms with Crippen LogP contribution in [0.15, 0.2) is 42.5 Å². The summed E-state index contributed by atoms with van der Waals surface area (Å²) in [5.41, 5.74) is 7.77. The highest BCUT2D eigenvalue weighted by Crippen LogP contribution is 2.21. The van der Waals surface area contributed by atoms with Gasteiger partial charge in [-0.05, 0) is 36.4 Å². The van der Waals surface area contributed by atoms with Crippen molar-refractivity contribution in [3.05, 3.63) is 48.0 Å². The number of nitrogens with two attached hydrogens (primary N) is 1. The van der Waals surface area contributed by atoms with E-state index in [9.17, 15) is 9.90 Å². The van der Waals surface area contributed by atoms with E-state index in [1.165, 1.54) is 6.07 Å². The third-order valence-corrected chi connectivity index (χ3v) is 3.69. The number of carbonyl (C=O) groups excluding carboxylic acids is 1. The number of phenols is 1. The molecule has 8 heteroatoms. The minimum absolute atomic E-state index is 0.0235. The Labute approximate surface area is 151 Å². The van der Waals surface area contributed by atoms with Crippen molar-refractivity contribution in [2.45, 2.75) is 6.61 Å². The number of hydrogen-bond acceptors (Lipinski definition) is 7. The van der Waals surface area contributed by atoms with Gasteiger partial charge in [-0.15, -0.1) is 0 Å². The normalized spacial score (nSPS) is 10.4.